The van der Waals surface area contributed by atoms with Gasteiger partial charge in [0.25, 0.3) is 11.7 Å². The van der Waals surface area contributed by atoms with Gasteiger partial charge in [-0.25, -0.2) is 0 Å². The van der Waals surface area contributed by atoms with E-state index in [9.17, 15) is 14.7 Å². The molecule has 2 atom stereocenters. The number of pyridine rings is 1. The number of carbonyl (C=O) groups excluding carboxylic acids is 2. The Hall–Kier alpha value is -4.13. The van der Waals surface area contributed by atoms with Crippen LogP contribution in [0.1, 0.15) is 42.1 Å². The Balaban J connectivity index is 1.66. The third-order valence-corrected chi connectivity index (χ3v) is 6.33. The van der Waals surface area contributed by atoms with Crippen molar-refractivity contribution in [3.8, 4) is 11.5 Å². The fourth-order valence-corrected chi connectivity index (χ4v) is 4.77. The van der Waals surface area contributed by atoms with Crippen molar-refractivity contribution in [3.05, 3.63) is 94.8 Å². The van der Waals surface area contributed by atoms with Crippen LogP contribution in [0.5, 0.6) is 11.5 Å². The van der Waals surface area contributed by atoms with Gasteiger partial charge in [-0.3, -0.25) is 14.6 Å². The van der Waals surface area contributed by atoms with Gasteiger partial charge in [-0.1, -0.05) is 18.2 Å². The number of aliphatic hydroxyl groups is 1. The van der Waals surface area contributed by atoms with Gasteiger partial charge in [0, 0.05) is 36.5 Å². The van der Waals surface area contributed by atoms with E-state index in [1.54, 1.807) is 42.7 Å². The van der Waals surface area contributed by atoms with E-state index in [2.05, 4.69) is 4.98 Å². The standard InChI is InChI=1S/C28H26N2O5/c1-3-34-23-7-5-4-6-21(23)25-24(26(31)19-8-9-22-20(15-19)14-17(2)35-22)27(32)28(33)30(25)16-18-10-12-29-13-11-18/h4-13,15,17,25,31H,3,14,16H2,1-2H3/t17-,25-/m0/s1. The topological polar surface area (TPSA) is 89.0 Å². The van der Waals surface area contributed by atoms with Crippen molar-refractivity contribution in [1.82, 2.24) is 9.88 Å². The molecule has 178 valence electrons. The molecule has 7 nitrogen and oxygen atoms in total. The maximum atomic E-state index is 13.4. The molecule has 0 spiro atoms. The predicted octanol–water partition coefficient (Wildman–Crippen LogP) is 4.43. The Morgan fingerprint density at radius 3 is 2.69 bits per heavy atom. The predicted molar refractivity (Wildman–Crippen MR) is 130 cm³/mol. The summed E-state index contributed by atoms with van der Waals surface area (Å²) >= 11 is 0. The zero-order chi connectivity index (χ0) is 24.5. The van der Waals surface area contributed by atoms with Gasteiger partial charge >= 0.3 is 0 Å². The number of carbonyl (C=O) groups is 2. The third kappa shape index (κ3) is 4.14. The van der Waals surface area contributed by atoms with Crippen molar-refractivity contribution >= 4 is 17.4 Å². The van der Waals surface area contributed by atoms with E-state index >= 15 is 0 Å². The molecule has 1 N–H and O–H groups in total. The van der Waals surface area contributed by atoms with E-state index in [0.29, 0.717) is 29.9 Å². The minimum absolute atomic E-state index is 0.0446. The quantitative estimate of drug-likeness (QED) is 0.326. The number of aliphatic hydroxyl groups excluding tert-OH is 1. The molecule has 3 aromatic rings. The lowest BCUT2D eigenvalue weighted by Gasteiger charge is -2.27. The number of ether oxygens (including phenoxy) is 2. The second-order valence-corrected chi connectivity index (χ2v) is 8.71. The van der Waals surface area contributed by atoms with Crippen LogP contribution >= 0.6 is 0 Å². The summed E-state index contributed by atoms with van der Waals surface area (Å²) in [5.41, 5.74) is 2.94. The first-order valence-corrected chi connectivity index (χ1v) is 11.7. The summed E-state index contributed by atoms with van der Waals surface area (Å²) in [7, 11) is 0. The van der Waals surface area contributed by atoms with Crippen molar-refractivity contribution in [2.45, 2.75) is 39.0 Å². The second kappa shape index (κ2) is 9.25. The SMILES string of the molecule is CCOc1ccccc1[C@H]1C(=C(O)c2ccc3c(c2)C[C@H](C)O3)C(=O)C(=O)N1Cc1ccncc1. The molecular formula is C28H26N2O5. The van der Waals surface area contributed by atoms with Crippen LogP contribution in [0.2, 0.25) is 0 Å². The summed E-state index contributed by atoms with van der Waals surface area (Å²) in [5, 5.41) is 11.4. The smallest absolute Gasteiger partial charge is 0.295 e. The maximum absolute atomic E-state index is 13.4. The molecule has 2 aliphatic heterocycles. The van der Waals surface area contributed by atoms with Crippen LogP contribution < -0.4 is 9.47 Å². The molecule has 0 saturated carbocycles. The molecule has 2 aliphatic rings. The largest absolute Gasteiger partial charge is 0.507 e. The van der Waals surface area contributed by atoms with Gasteiger partial charge in [0.1, 0.15) is 23.4 Å². The van der Waals surface area contributed by atoms with Crippen LogP contribution in [0.15, 0.2) is 72.6 Å². The molecule has 1 amide bonds. The summed E-state index contributed by atoms with van der Waals surface area (Å²) < 4.78 is 11.6. The van der Waals surface area contributed by atoms with Gasteiger partial charge in [0.15, 0.2) is 0 Å². The van der Waals surface area contributed by atoms with Gasteiger partial charge in [0.05, 0.1) is 18.2 Å². The van der Waals surface area contributed by atoms with Gasteiger partial charge in [-0.2, -0.15) is 0 Å². The van der Waals surface area contributed by atoms with Gasteiger partial charge in [-0.05, 0) is 61.4 Å². The Kier molecular flexibility index (Phi) is 5.99. The molecule has 0 unspecified atom stereocenters. The monoisotopic (exact) mass is 470 g/mol. The van der Waals surface area contributed by atoms with E-state index in [-0.39, 0.29) is 24.0 Å². The molecule has 7 heteroatoms. The normalized spacial score (nSPS) is 20.6. The molecule has 1 fully saturated rings. The molecule has 5 rings (SSSR count). The van der Waals surface area contributed by atoms with E-state index < -0.39 is 17.7 Å². The molecule has 35 heavy (non-hydrogen) atoms. The number of ketones is 1. The number of benzene rings is 2. The number of hydrogen-bond acceptors (Lipinski definition) is 6. The Bertz CT molecular complexity index is 1320. The fraction of sp³-hybridized carbons (Fsp3) is 0.250. The first kappa shape index (κ1) is 22.7. The molecule has 1 aromatic heterocycles. The number of hydrogen-bond donors (Lipinski definition) is 1. The number of amides is 1. The summed E-state index contributed by atoms with van der Waals surface area (Å²) in [6, 6.07) is 15.4. The van der Waals surface area contributed by atoms with Crippen LogP contribution in [0.25, 0.3) is 5.76 Å². The first-order chi connectivity index (χ1) is 17.0. The Morgan fingerprint density at radius 2 is 1.91 bits per heavy atom. The lowest BCUT2D eigenvalue weighted by molar-refractivity contribution is -0.140. The number of likely N-dealkylation sites (tertiary alicyclic amines) is 1. The molecule has 0 radical (unpaired) electrons. The van der Waals surface area contributed by atoms with Gasteiger partial charge in [0.2, 0.25) is 0 Å². The summed E-state index contributed by atoms with van der Waals surface area (Å²) in [4.78, 5) is 32.2. The fourth-order valence-electron chi connectivity index (χ4n) is 4.77. The summed E-state index contributed by atoms with van der Waals surface area (Å²) in [5.74, 6) is -0.274. The van der Waals surface area contributed by atoms with Crippen molar-refractivity contribution in [2.24, 2.45) is 0 Å². The highest BCUT2D eigenvalue weighted by Crippen LogP contribution is 2.44. The van der Waals surface area contributed by atoms with E-state index in [1.165, 1.54) is 4.90 Å². The molecule has 3 heterocycles. The van der Waals surface area contributed by atoms with Crippen LogP contribution in [0, 0.1) is 0 Å². The third-order valence-electron chi connectivity index (χ3n) is 6.33. The summed E-state index contributed by atoms with van der Waals surface area (Å²) in [6.07, 6.45) is 4.04. The van der Waals surface area contributed by atoms with Crippen LogP contribution in [-0.2, 0) is 22.6 Å². The average molecular weight is 471 g/mol. The van der Waals surface area contributed by atoms with Crippen molar-refractivity contribution in [1.29, 1.82) is 0 Å². The molecular weight excluding hydrogens is 444 g/mol. The highest BCUT2D eigenvalue weighted by atomic mass is 16.5. The van der Waals surface area contributed by atoms with Crippen molar-refractivity contribution in [2.75, 3.05) is 6.61 Å². The lowest BCUT2D eigenvalue weighted by atomic mass is 9.93. The minimum Gasteiger partial charge on any atom is -0.507 e. The number of rotatable bonds is 6. The second-order valence-electron chi connectivity index (χ2n) is 8.71. The highest BCUT2D eigenvalue weighted by Gasteiger charge is 2.47. The van der Waals surface area contributed by atoms with Gasteiger partial charge < -0.3 is 19.5 Å². The maximum Gasteiger partial charge on any atom is 0.295 e. The molecule has 1 saturated heterocycles. The number of aromatic nitrogens is 1. The average Bonchev–Trinajstić information content (AvgIpc) is 3.36. The molecule has 0 aliphatic carbocycles. The first-order valence-electron chi connectivity index (χ1n) is 11.7. The molecule has 0 bridgehead atoms. The van der Waals surface area contributed by atoms with Crippen LogP contribution in [0.3, 0.4) is 0 Å². The van der Waals surface area contributed by atoms with E-state index in [1.807, 2.05) is 38.1 Å². The van der Waals surface area contributed by atoms with Crippen molar-refractivity contribution < 1.29 is 24.2 Å². The Morgan fingerprint density at radius 1 is 1.14 bits per heavy atom. The number of para-hydroxylation sites is 1. The number of nitrogens with zero attached hydrogens (tertiary/aromatic N) is 2. The van der Waals surface area contributed by atoms with E-state index in [4.69, 9.17) is 9.47 Å². The molecule has 2 aromatic carbocycles. The zero-order valence-electron chi connectivity index (χ0n) is 19.6. The lowest BCUT2D eigenvalue weighted by Crippen LogP contribution is -2.29. The Labute approximate surface area is 203 Å². The van der Waals surface area contributed by atoms with Crippen LogP contribution in [-0.4, -0.2) is 39.4 Å². The van der Waals surface area contributed by atoms with Gasteiger partial charge in [-0.15, -0.1) is 0 Å². The zero-order valence-corrected chi connectivity index (χ0v) is 19.6. The number of Topliss-reactive ketones (excluding diaryl/α,β-unsaturated/α-hetero) is 1. The highest BCUT2D eigenvalue weighted by molar-refractivity contribution is 6.46. The minimum atomic E-state index is -0.811. The van der Waals surface area contributed by atoms with Crippen molar-refractivity contribution in [3.63, 3.8) is 0 Å². The van der Waals surface area contributed by atoms with Crippen LogP contribution in [0.4, 0.5) is 0 Å². The summed E-state index contributed by atoms with van der Waals surface area (Å²) in [6.45, 7) is 4.46. The van der Waals surface area contributed by atoms with E-state index in [0.717, 1.165) is 16.9 Å². The number of fused-ring (bicyclic) bond motifs is 1.